The van der Waals surface area contributed by atoms with Crippen molar-refractivity contribution in [1.82, 2.24) is 14.5 Å². The van der Waals surface area contributed by atoms with Crippen LogP contribution in [0.3, 0.4) is 0 Å². The zero-order chi connectivity index (χ0) is 40.7. The SMILES string of the molecule is C1=CC2=NC(n3c4ccccc4c4cc5c6c7c(ccc8ccccc87)ccc6n(-c6ccc(-c7ccccc7)cc6)c5cc43)=C(c3cccc(-c4ccccc4)c3)NC2C=C1. The summed E-state index contributed by atoms with van der Waals surface area (Å²) in [5.74, 6) is 0.873. The summed E-state index contributed by atoms with van der Waals surface area (Å²) in [6.45, 7) is 0. The molecule has 3 heterocycles. The number of nitrogens with one attached hydrogen (secondary N) is 1. The number of nitrogens with zero attached hydrogens (tertiary/aromatic N) is 3. The molecule has 290 valence electrons. The first-order chi connectivity index (χ1) is 30.7. The second-order valence-corrected chi connectivity index (χ2v) is 16.4. The van der Waals surface area contributed by atoms with Crippen LogP contribution in [-0.2, 0) is 0 Å². The van der Waals surface area contributed by atoms with Crippen LogP contribution in [0.5, 0.6) is 0 Å². The van der Waals surface area contributed by atoms with Gasteiger partial charge in [0, 0.05) is 32.8 Å². The summed E-state index contributed by atoms with van der Waals surface area (Å²) in [6, 6.07) is 70.7. The maximum absolute atomic E-state index is 5.58. The predicted octanol–water partition coefficient (Wildman–Crippen LogP) is 14.4. The Hall–Kier alpha value is -8.21. The van der Waals surface area contributed by atoms with E-state index < -0.39 is 0 Å². The van der Waals surface area contributed by atoms with Crippen LogP contribution in [0, 0.1) is 0 Å². The molecule has 1 aliphatic carbocycles. The first kappa shape index (κ1) is 34.6. The Morgan fingerprint density at radius 1 is 0.403 bits per heavy atom. The van der Waals surface area contributed by atoms with Crippen molar-refractivity contribution < 1.29 is 0 Å². The molecule has 0 bridgehead atoms. The first-order valence-corrected chi connectivity index (χ1v) is 21.3. The second-order valence-electron chi connectivity index (χ2n) is 16.4. The van der Waals surface area contributed by atoms with Crippen molar-refractivity contribution in [2.45, 2.75) is 6.04 Å². The van der Waals surface area contributed by atoms with E-state index in [1.807, 2.05) is 0 Å². The molecule has 0 saturated carbocycles. The highest BCUT2D eigenvalue weighted by atomic mass is 15.2. The standard InChI is InChI=1S/C58H38N4/c1-3-14-37(15-4-1)39-28-31-44(32-29-39)61-52-33-30-41-27-26-40-18-7-8-21-45(40)55(41)56(52)48-35-47-46-22-9-12-25-51(46)62(53(47)36-54(48)61)58-57(59-49-23-10-11-24-50(49)60-58)43-20-13-19-42(34-43)38-16-5-2-6-17-38/h1-36,49,59H. The Morgan fingerprint density at radius 3 is 1.90 bits per heavy atom. The lowest BCUT2D eigenvalue weighted by Crippen LogP contribution is -2.37. The third-order valence-electron chi connectivity index (χ3n) is 12.9. The Labute approximate surface area is 358 Å². The third-order valence-corrected chi connectivity index (χ3v) is 12.9. The van der Waals surface area contributed by atoms with E-state index in [-0.39, 0.29) is 6.04 Å². The molecule has 1 atom stereocenters. The van der Waals surface area contributed by atoms with Crippen LogP contribution >= 0.6 is 0 Å². The Bertz CT molecular complexity index is 3750. The summed E-state index contributed by atoms with van der Waals surface area (Å²) in [7, 11) is 0. The number of fused-ring (bicyclic) bond motifs is 11. The fourth-order valence-electron chi connectivity index (χ4n) is 10.0. The first-order valence-electron chi connectivity index (χ1n) is 21.3. The van der Waals surface area contributed by atoms with Gasteiger partial charge >= 0.3 is 0 Å². The predicted molar refractivity (Wildman–Crippen MR) is 262 cm³/mol. The van der Waals surface area contributed by atoms with Crippen molar-refractivity contribution in [3.05, 3.63) is 224 Å². The lowest BCUT2D eigenvalue weighted by molar-refractivity contribution is 0.871. The largest absolute Gasteiger partial charge is 0.370 e. The van der Waals surface area contributed by atoms with Gasteiger partial charge in [0.15, 0.2) is 5.82 Å². The zero-order valence-corrected chi connectivity index (χ0v) is 33.7. The molecule has 4 nitrogen and oxygen atoms in total. The van der Waals surface area contributed by atoms with Crippen molar-refractivity contribution >= 4 is 82.4 Å². The molecule has 0 fully saturated rings. The average molecular weight is 791 g/mol. The molecule has 11 aromatic rings. The minimum Gasteiger partial charge on any atom is -0.370 e. The molecule has 13 rings (SSSR count). The van der Waals surface area contributed by atoms with Crippen molar-refractivity contribution in [2.75, 3.05) is 0 Å². The van der Waals surface area contributed by atoms with Gasteiger partial charge in [-0.2, -0.15) is 0 Å². The number of aromatic nitrogens is 2. The number of rotatable bonds is 5. The van der Waals surface area contributed by atoms with E-state index in [1.165, 1.54) is 65.3 Å². The van der Waals surface area contributed by atoms with Gasteiger partial charge in [-0.15, -0.1) is 0 Å². The maximum Gasteiger partial charge on any atom is 0.162 e. The summed E-state index contributed by atoms with van der Waals surface area (Å²) >= 11 is 0. The van der Waals surface area contributed by atoms with Crippen molar-refractivity contribution in [3.8, 4) is 27.9 Å². The molecule has 1 aliphatic heterocycles. The summed E-state index contributed by atoms with van der Waals surface area (Å²) in [4.78, 5) is 5.58. The van der Waals surface area contributed by atoms with Crippen LogP contribution in [-0.4, -0.2) is 20.9 Å². The molecule has 4 heteroatoms. The van der Waals surface area contributed by atoms with Gasteiger partial charge < -0.3 is 9.88 Å². The van der Waals surface area contributed by atoms with E-state index in [1.54, 1.807) is 0 Å². The van der Waals surface area contributed by atoms with Crippen LogP contribution in [0.2, 0.25) is 0 Å². The molecule has 1 N–H and O–H groups in total. The molecular weight excluding hydrogens is 753 g/mol. The van der Waals surface area contributed by atoms with Gasteiger partial charge in [-0.1, -0.05) is 170 Å². The van der Waals surface area contributed by atoms with Crippen LogP contribution in [0.1, 0.15) is 5.56 Å². The fraction of sp³-hybridized carbons (Fsp3) is 0.0172. The van der Waals surface area contributed by atoms with Gasteiger partial charge in [-0.3, -0.25) is 4.57 Å². The van der Waals surface area contributed by atoms with E-state index in [2.05, 4.69) is 233 Å². The molecule has 0 spiro atoms. The van der Waals surface area contributed by atoms with Crippen molar-refractivity contribution in [3.63, 3.8) is 0 Å². The van der Waals surface area contributed by atoms with E-state index in [9.17, 15) is 0 Å². The molecule has 0 saturated heterocycles. The molecule has 2 aromatic heterocycles. The number of para-hydroxylation sites is 1. The summed E-state index contributed by atoms with van der Waals surface area (Å²) in [5.41, 5.74) is 13.5. The molecular formula is C58H38N4. The summed E-state index contributed by atoms with van der Waals surface area (Å²) < 4.78 is 4.86. The normalized spacial score (nSPS) is 15.0. The van der Waals surface area contributed by atoms with Crippen LogP contribution in [0.4, 0.5) is 0 Å². The smallest absolute Gasteiger partial charge is 0.162 e. The molecule has 62 heavy (non-hydrogen) atoms. The quantitative estimate of drug-likeness (QED) is 0.173. The van der Waals surface area contributed by atoms with E-state index in [0.29, 0.717) is 0 Å². The highest BCUT2D eigenvalue weighted by molar-refractivity contribution is 6.30. The third kappa shape index (κ3) is 5.30. The van der Waals surface area contributed by atoms with Crippen LogP contribution in [0.25, 0.3) is 105 Å². The molecule has 1 unspecified atom stereocenters. The van der Waals surface area contributed by atoms with Crippen molar-refractivity contribution in [2.24, 2.45) is 4.99 Å². The lowest BCUT2D eigenvalue weighted by Gasteiger charge is -2.28. The van der Waals surface area contributed by atoms with E-state index in [0.717, 1.165) is 50.6 Å². The average Bonchev–Trinajstić information content (AvgIpc) is 3.85. The monoisotopic (exact) mass is 790 g/mol. The minimum absolute atomic E-state index is 0.0385. The lowest BCUT2D eigenvalue weighted by atomic mass is 9.97. The Kier molecular flexibility index (Phi) is 7.63. The van der Waals surface area contributed by atoms with Crippen LogP contribution < -0.4 is 5.32 Å². The number of hydrogen-bond donors (Lipinski definition) is 1. The molecule has 2 aliphatic rings. The van der Waals surface area contributed by atoms with Gasteiger partial charge in [0.2, 0.25) is 0 Å². The van der Waals surface area contributed by atoms with Crippen molar-refractivity contribution in [1.29, 1.82) is 0 Å². The topological polar surface area (TPSA) is 34.2 Å². The van der Waals surface area contributed by atoms with Gasteiger partial charge in [0.25, 0.3) is 0 Å². The van der Waals surface area contributed by atoms with Gasteiger partial charge in [0.1, 0.15) is 0 Å². The molecule has 0 amide bonds. The number of allylic oxidation sites excluding steroid dienone is 2. The zero-order valence-electron chi connectivity index (χ0n) is 33.7. The fourth-order valence-corrected chi connectivity index (χ4v) is 10.0. The summed E-state index contributed by atoms with van der Waals surface area (Å²) in [6.07, 6.45) is 8.52. The summed E-state index contributed by atoms with van der Waals surface area (Å²) in [5, 5.41) is 13.8. The van der Waals surface area contributed by atoms with Gasteiger partial charge in [0.05, 0.1) is 39.5 Å². The van der Waals surface area contributed by atoms with Gasteiger partial charge in [-0.25, -0.2) is 4.99 Å². The Morgan fingerprint density at radius 2 is 1.06 bits per heavy atom. The molecule has 9 aromatic carbocycles. The number of aliphatic imine (C=N–C) groups is 1. The Balaban J connectivity index is 1.14. The number of benzene rings is 9. The van der Waals surface area contributed by atoms with Crippen LogP contribution in [0.15, 0.2) is 223 Å². The number of hydrogen-bond acceptors (Lipinski definition) is 2. The highest BCUT2D eigenvalue weighted by Crippen LogP contribution is 2.45. The second kappa shape index (κ2) is 13.7. The van der Waals surface area contributed by atoms with Gasteiger partial charge in [-0.05, 0) is 92.3 Å². The minimum atomic E-state index is -0.0385. The van der Waals surface area contributed by atoms with E-state index >= 15 is 0 Å². The maximum atomic E-state index is 5.58. The van der Waals surface area contributed by atoms with E-state index in [4.69, 9.17) is 4.99 Å². The molecule has 0 radical (unpaired) electrons. The highest BCUT2D eigenvalue weighted by Gasteiger charge is 2.28.